The number of sulfonamides is 1. The average molecular weight is 310 g/mol. The number of pyridine rings is 1. The minimum Gasteiger partial charge on any atom is -0.395 e. The zero-order valence-corrected chi connectivity index (χ0v) is 12.5. The number of anilines is 1. The molecule has 0 aliphatic rings. The predicted molar refractivity (Wildman–Crippen MR) is 81.1 cm³/mol. The molecule has 4 N–H and O–H groups in total. The molecule has 2 aromatic rings. The first-order chi connectivity index (χ1) is 10.0. The van der Waals surface area contributed by atoms with E-state index in [1.54, 1.807) is 31.2 Å². The van der Waals surface area contributed by atoms with Gasteiger partial charge in [0.1, 0.15) is 5.82 Å². The number of hydrogen-bond donors (Lipinski definition) is 3. The molecule has 114 valence electrons. The average Bonchev–Trinajstić information content (AvgIpc) is 2.51. The molecule has 1 heterocycles. The summed E-state index contributed by atoms with van der Waals surface area (Å²) in [5, 5.41) is 9.68. The summed E-state index contributed by atoms with van der Waals surface area (Å²) >= 11 is 0. The summed E-state index contributed by atoms with van der Waals surface area (Å²) in [4.78, 5) is 4.41. The number of aliphatic hydroxyl groups excluding tert-OH is 1. The lowest BCUT2D eigenvalue weighted by Gasteiger charge is -2.19. The van der Waals surface area contributed by atoms with E-state index in [2.05, 4.69) is 10.4 Å². The fourth-order valence-electron chi connectivity index (χ4n) is 2.05. The van der Waals surface area contributed by atoms with Gasteiger partial charge in [0.2, 0.25) is 10.0 Å². The highest BCUT2D eigenvalue weighted by molar-refractivity contribution is 7.89. The monoisotopic (exact) mass is 310 g/mol. The standard InChI is InChI=1S/C13H18N4O3S/c1-2-17(7-8-18)21(19,20)11-4-5-12-10(9-11)3-6-13(15-12)16-14/h3-6,9,18H,2,7-8,14H2,1H3,(H,15,16). The Labute approximate surface area is 123 Å². The van der Waals surface area contributed by atoms with Gasteiger partial charge in [-0.25, -0.2) is 19.2 Å². The maximum Gasteiger partial charge on any atom is 0.243 e. The molecule has 8 heteroatoms. The Morgan fingerprint density at radius 3 is 2.71 bits per heavy atom. The van der Waals surface area contributed by atoms with Crippen LogP contribution in [0.1, 0.15) is 6.92 Å². The summed E-state index contributed by atoms with van der Waals surface area (Å²) in [6.45, 7) is 1.89. The normalized spacial score (nSPS) is 12.0. The number of aliphatic hydroxyl groups is 1. The Morgan fingerprint density at radius 1 is 1.33 bits per heavy atom. The van der Waals surface area contributed by atoms with Gasteiger partial charge in [-0.2, -0.15) is 4.31 Å². The van der Waals surface area contributed by atoms with Crippen LogP contribution in [0, 0.1) is 0 Å². The molecule has 0 saturated carbocycles. The molecular formula is C13H18N4O3S. The third-order valence-corrected chi connectivity index (χ3v) is 5.12. The van der Waals surface area contributed by atoms with Crippen LogP contribution in [0.15, 0.2) is 35.2 Å². The molecule has 1 aromatic carbocycles. The number of aromatic nitrogens is 1. The maximum atomic E-state index is 12.5. The highest BCUT2D eigenvalue weighted by atomic mass is 32.2. The van der Waals surface area contributed by atoms with Crippen LogP contribution >= 0.6 is 0 Å². The number of rotatable bonds is 6. The number of fused-ring (bicyclic) bond motifs is 1. The summed E-state index contributed by atoms with van der Waals surface area (Å²) < 4.78 is 26.2. The van der Waals surface area contributed by atoms with E-state index in [0.29, 0.717) is 23.3 Å². The van der Waals surface area contributed by atoms with Crippen LogP contribution in [0.2, 0.25) is 0 Å². The third kappa shape index (κ3) is 3.13. The van der Waals surface area contributed by atoms with E-state index in [4.69, 9.17) is 10.9 Å². The summed E-state index contributed by atoms with van der Waals surface area (Å²) in [5.74, 6) is 5.80. The first-order valence-corrected chi connectivity index (χ1v) is 7.95. The molecule has 0 aliphatic carbocycles. The Balaban J connectivity index is 2.47. The second kappa shape index (κ2) is 6.35. The van der Waals surface area contributed by atoms with Crippen molar-refractivity contribution < 1.29 is 13.5 Å². The van der Waals surface area contributed by atoms with Crippen molar-refractivity contribution in [2.45, 2.75) is 11.8 Å². The number of nitrogen functional groups attached to an aromatic ring is 1. The molecule has 2 rings (SSSR count). The van der Waals surface area contributed by atoms with Crippen molar-refractivity contribution in [3.05, 3.63) is 30.3 Å². The molecular weight excluding hydrogens is 292 g/mol. The van der Waals surface area contributed by atoms with E-state index in [1.165, 1.54) is 10.4 Å². The molecule has 0 aliphatic heterocycles. The largest absolute Gasteiger partial charge is 0.395 e. The Hall–Kier alpha value is -1.74. The van der Waals surface area contributed by atoms with Crippen LogP contribution in [0.3, 0.4) is 0 Å². The lowest BCUT2D eigenvalue weighted by Crippen LogP contribution is -2.33. The minimum atomic E-state index is -3.62. The molecule has 0 amide bonds. The smallest absolute Gasteiger partial charge is 0.243 e. The molecule has 21 heavy (non-hydrogen) atoms. The number of likely N-dealkylation sites (N-methyl/N-ethyl adjacent to an activating group) is 1. The van der Waals surface area contributed by atoms with Crippen LogP contribution in [0.25, 0.3) is 10.9 Å². The number of nitrogens with zero attached hydrogens (tertiary/aromatic N) is 2. The summed E-state index contributed by atoms with van der Waals surface area (Å²) in [6, 6.07) is 8.13. The van der Waals surface area contributed by atoms with Gasteiger partial charge in [-0.1, -0.05) is 6.92 Å². The molecule has 0 fully saturated rings. The number of hydrogen-bond acceptors (Lipinski definition) is 6. The quantitative estimate of drug-likeness (QED) is 0.530. The van der Waals surface area contributed by atoms with Gasteiger partial charge >= 0.3 is 0 Å². The number of nitrogens with two attached hydrogens (primary N) is 1. The van der Waals surface area contributed by atoms with Crippen molar-refractivity contribution in [3.8, 4) is 0 Å². The van der Waals surface area contributed by atoms with Crippen molar-refractivity contribution in [1.82, 2.24) is 9.29 Å². The van der Waals surface area contributed by atoms with Gasteiger partial charge < -0.3 is 10.5 Å². The maximum absolute atomic E-state index is 12.5. The highest BCUT2D eigenvalue weighted by Crippen LogP contribution is 2.22. The van der Waals surface area contributed by atoms with Gasteiger partial charge in [-0.3, -0.25) is 0 Å². The van der Waals surface area contributed by atoms with Gasteiger partial charge in [-0.15, -0.1) is 0 Å². The fraction of sp³-hybridized carbons (Fsp3) is 0.308. The lowest BCUT2D eigenvalue weighted by atomic mass is 10.2. The van der Waals surface area contributed by atoms with E-state index in [0.717, 1.165) is 0 Å². The molecule has 0 bridgehead atoms. The predicted octanol–water partition coefficient (Wildman–Crippen LogP) is 0.523. The Kier molecular flexibility index (Phi) is 4.73. The molecule has 1 aromatic heterocycles. The van der Waals surface area contributed by atoms with Crippen LogP contribution in [-0.2, 0) is 10.0 Å². The molecule has 0 saturated heterocycles. The summed E-state index contributed by atoms with van der Waals surface area (Å²) in [5.41, 5.74) is 3.09. The van der Waals surface area contributed by atoms with E-state index in [9.17, 15) is 8.42 Å². The van der Waals surface area contributed by atoms with Crippen molar-refractivity contribution in [1.29, 1.82) is 0 Å². The Bertz CT molecular complexity index is 733. The Morgan fingerprint density at radius 2 is 2.10 bits per heavy atom. The lowest BCUT2D eigenvalue weighted by molar-refractivity contribution is 0.257. The zero-order chi connectivity index (χ0) is 15.5. The van der Waals surface area contributed by atoms with Gasteiger partial charge in [0.15, 0.2) is 0 Å². The van der Waals surface area contributed by atoms with E-state index < -0.39 is 10.0 Å². The number of nitrogens with one attached hydrogen (secondary N) is 1. The van der Waals surface area contributed by atoms with Gasteiger partial charge in [0, 0.05) is 18.5 Å². The van der Waals surface area contributed by atoms with Crippen molar-refractivity contribution in [2.24, 2.45) is 5.84 Å². The van der Waals surface area contributed by atoms with Gasteiger partial charge in [-0.05, 0) is 30.3 Å². The second-order valence-electron chi connectivity index (χ2n) is 4.42. The third-order valence-electron chi connectivity index (χ3n) is 3.15. The van der Waals surface area contributed by atoms with E-state index in [1.807, 2.05) is 0 Å². The van der Waals surface area contributed by atoms with Crippen molar-refractivity contribution in [3.63, 3.8) is 0 Å². The van der Waals surface area contributed by atoms with Crippen molar-refractivity contribution in [2.75, 3.05) is 25.1 Å². The molecule has 7 nitrogen and oxygen atoms in total. The van der Waals surface area contributed by atoms with Gasteiger partial charge in [0.25, 0.3) is 0 Å². The van der Waals surface area contributed by atoms with Gasteiger partial charge in [0.05, 0.1) is 17.0 Å². The van der Waals surface area contributed by atoms with Crippen LogP contribution in [0.5, 0.6) is 0 Å². The van der Waals surface area contributed by atoms with Crippen LogP contribution < -0.4 is 11.3 Å². The van der Waals surface area contributed by atoms with Crippen LogP contribution in [-0.4, -0.2) is 42.5 Å². The number of hydrazine groups is 1. The topological polar surface area (TPSA) is 109 Å². The molecule has 0 spiro atoms. The first-order valence-electron chi connectivity index (χ1n) is 6.51. The highest BCUT2D eigenvalue weighted by Gasteiger charge is 2.22. The summed E-state index contributed by atoms with van der Waals surface area (Å²) in [7, 11) is -3.62. The minimum absolute atomic E-state index is 0.0746. The SMILES string of the molecule is CCN(CCO)S(=O)(=O)c1ccc2nc(NN)ccc2c1. The zero-order valence-electron chi connectivity index (χ0n) is 11.7. The molecule has 0 radical (unpaired) electrons. The fourth-order valence-corrected chi connectivity index (χ4v) is 3.53. The summed E-state index contributed by atoms with van der Waals surface area (Å²) in [6.07, 6.45) is 0. The number of benzene rings is 1. The van der Waals surface area contributed by atoms with Crippen LogP contribution in [0.4, 0.5) is 5.82 Å². The van der Waals surface area contributed by atoms with Crippen molar-refractivity contribution >= 4 is 26.7 Å². The molecule has 0 unspecified atom stereocenters. The van der Waals surface area contributed by atoms with E-state index >= 15 is 0 Å². The second-order valence-corrected chi connectivity index (χ2v) is 6.35. The first kappa shape index (κ1) is 15.6. The van der Waals surface area contributed by atoms with E-state index in [-0.39, 0.29) is 18.0 Å². The molecule has 0 atom stereocenters.